The number of nitrogens with one attached hydrogen (secondary N) is 2. The van der Waals surface area contributed by atoms with Crippen molar-refractivity contribution in [3.8, 4) is 0 Å². The maximum Gasteiger partial charge on any atom is 0.217 e. The number of aliphatic hydroxyl groups is 1. The highest BCUT2D eigenvalue weighted by molar-refractivity contribution is 5.73. The number of carbonyl (C=O) groups is 1. The molecule has 1 saturated heterocycles. The standard InChI is InChI=1S/C8H18N4O3/c1-4(2-6(10)14)7-11-12-8(15-7)5(9)3-13/h4-5,7-8,11-13H,2-3,9H2,1H3,(H2,10,14)/t4-,5-,7?,8?/m0/s1. The van der Waals surface area contributed by atoms with Crippen LogP contribution in [0.15, 0.2) is 0 Å². The summed E-state index contributed by atoms with van der Waals surface area (Å²) in [5.74, 6) is -0.423. The number of hydrazine groups is 1. The van der Waals surface area contributed by atoms with Crippen molar-refractivity contribution in [1.82, 2.24) is 10.9 Å². The second kappa shape index (κ2) is 5.38. The van der Waals surface area contributed by atoms with Crippen molar-refractivity contribution >= 4 is 5.91 Å². The summed E-state index contributed by atoms with van der Waals surface area (Å²) in [7, 11) is 0. The first-order chi connectivity index (χ1) is 7.04. The van der Waals surface area contributed by atoms with Crippen molar-refractivity contribution in [2.24, 2.45) is 17.4 Å². The third-order valence-corrected chi connectivity index (χ3v) is 2.30. The maximum absolute atomic E-state index is 10.7. The lowest BCUT2D eigenvalue weighted by Gasteiger charge is -2.19. The largest absolute Gasteiger partial charge is 0.395 e. The Bertz CT molecular complexity index is 226. The van der Waals surface area contributed by atoms with Gasteiger partial charge < -0.3 is 21.3 Å². The van der Waals surface area contributed by atoms with Crippen LogP contribution in [0.1, 0.15) is 13.3 Å². The number of aliphatic hydroxyl groups excluding tert-OH is 1. The van der Waals surface area contributed by atoms with E-state index in [0.29, 0.717) is 0 Å². The quantitative estimate of drug-likeness (QED) is 0.350. The zero-order valence-electron chi connectivity index (χ0n) is 8.64. The zero-order valence-corrected chi connectivity index (χ0v) is 8.64. The monoisotopic (exact) mass is 218 g/mol. The van der Waals surface area contributed by atoms with Gasteiger partial charge in [0.15, 0.2) is 0 Å². The summed E-state index contributed by atoms with van der Waals surface area (Å²) in [6, 6.07) is -0.497. The molecule has 0 spiro atoms. The first-order valence-electron chi connectivity index (χ1n) is 4.86. The Morgan fingerprint density at radius 1 is 1.53 bits per heavy atom. The normalized spacial score (nSPS) is 30.1. The molecule has 0 radical (unpaired) electrons. The van der Waals surface area contributed by atoms with Crippen molar-refractivity contribution in [1.29, 1.82) is 0 Å². The van der Waals surface area contributed by atoms with Crippen molar-refractivity contribution in [3.63, 3.8) is 0 Å². The van der Waals surface area contributed by atoms with Crippen molar-refractivity contribution in [2.45, 2.75) is 31.8 Å². The number of rotatable bonds is 5. The summed E-state index contributed by atoms with van der Waals surface area (Å²) in [6.45, 7) is 1.67. The van der Waals surface area contributed by atoms with E-state index in [9.17, 15) is 4.79 Å². The molecule has 0 aromatic rings. The van der Waals surface area contributed by atoms with Gasteiger partial charge in [-0.2, -0.15) is 0 Å². The van der Waals surface area contributed by atoms with Gasteiger partial charge in [-0.05, 0) is 0 Å². The topological polar surface area (TPSA) is 123 Å². The highest BCUT2D eigenvalue weighted by Crippen LogP contribution is 2.14. The van der Waals surface area contributed by atoms with Gasteiger partial charge in [-0.25, -0.2) is 10.9 Å². The molecule has 0 bridgehead atoms. The minimum atomic E-state index is -0.497. The Labute approximate surface area is 88.1 Å². The SMILES string of the molecule is C[C@@H](CC(N)=O)C1NNC([C@@H](N)CO)O1. The number of hydrogen-bond acceptors (Lipinski definition) is 6. The van der Waals surface area contributed by atoms with Crippen LogP contribution in [0, 0.1) is 5.92 Å². The van der Waals surface area contributed by atoms with Gasteiger partial charge in [0.2, 0.25) is 5.91 Å². The second-order valence-corrected chi connectivity index (χ2v) is 3.76. The molecule has 2 unspecified atom stereocenters. The third-order valence-electron chi connectivity index (χ3n) is 2.30. The second-order valence-electron chi connectivity index (χ2n) is 3.76. The summed E-state index contributed by atoms with van der Waals surface area (Å²) in [5, 5.41) is 8.82. The Morgan fingerprint density at radius 2 is 2.13 bits per heavy atom. The Hall–Kier alpha value is -0.730. The van der Waals surface area contributed by atoms with Crippen LogP contribution in [0.2, 0.25) is 0 Å². The van der Waals surface area contributed by atoms with E-state index in [1.54, 1.807) is 0 Å². The van der Waals surface area contributed by atoms with Crippen molar-refractivity contribution < 1.29 is 14.6 Å². The summed E-state index contributed by atoms with van der Waals surface area (Å²) < 4.78 is 5.46. The maximum atomic E-state index is 10.7. The molecule has 4 atom stereocenters. The Kier molecular flexibility index (Phi) is 4.43. The van der Waals surface area contributed by atoms with Gasteiger partial charge in [0.1, 0.15) is 12.5 Å². The number of carbonyl (C=O) groups excluding carboxylic acids is 1. The molecule has 7 N–H and O–H groups in total. The summed E-state index contributed by atoms with van der Waals surface area (Å²) in [4.78, 5) is 10.7. The predicted molar refractivity (Wildman–Crippen MR) is 53.0 cm³/mol. The summed E-state index contributed by atoms with van der Waals surface area (Å²) in [6.07, 6.45) is -0.532. The average molecular weight is 218 g/mol. The number of primary amides is 1. The molecule has 0 aliphatic carbocycles. The molecule has 88 valence electrons. The molecule has 0 saturated carbocycles. The molecule has 15 heavy (non-hydrogen) atoms. The Morgan fingerprint density at radius 3 is 2.67 bits per heavy atom. The Balaban J connectivity index is 2.38. The van der Waals surface area contributed by atoms with E-state index >= 15 is 0 Å². The lowest BCUT2D eigenvalue weighted by Crippen LogP contribution is -2.46. The van der Waals surface area contributed by atoms with E-state index in [1.165, 1.54) is 0 Å². The van der Waals surface area contributed by atoms with Crippen LogP contribution < -0.4 is 22.3 Å². The van der Waals surface area contributed by atoms with E-state index < -0.39 is 12.3 Å². The lowest BCUT2D eigenvalue weighted by molar-refractivity contribution is -0.120. The molecule has 0 aromatic carbocycles. The lowest BCUT2D eigenvalue weighted by atomic mass is 10.1. The molecule has 1 aliphatic heterocycles. The fourth-order valence-electron chi connectivity index (χ4n) is 1.39. The van der Waals surface area contributed by atoms with Crippen LogP contribution in [0.5, 0.6) is 0 Å². The summed E-state index contributed by atoms with van der Waals surface area (Å²) >= 11 is 0. The average Bonchev–Trinajstić information content (AvgIpc) is 2.64. The molecule has 7 heteroatoms. The van der Waals surface area contributed by atoms with Gasteiger partial charge in [0.05, 0.1) is 12.6 Å². The van der Waals surface area contributed by atoms with Gasteiger partial charge in [0.25, 0.3) is 0 Å². The molecule has 0 aromatic heterocycles. The van der Waals surface area contributed by atoms with E-state index in [1.807, 2.05) is 6.92 Å². The number of nitrogens with two attached hydrogens (primary N) is 2. The van der Waals surface area contributed by atoms with Crippen LogP contribution in [0.3, 0.4) is 0 Å². The number of ether oxygens (including phenoxy) is 1. The highest BCUT2D eigenvalue weighted by atomic mass is 16.6. The first kappa shape index (κ1) is 12.3. The minimum absolute atomic E-state index is 0.0501. The number of amides is 1. The predicted octanol–water partition coefficient (Wildman–Crippen LogP) is -2.41. The van der Waals surface area contributed by atoms with E-state index in [-0.39, 0.29) is 31.1 Å². The van der Waals surface area contributed by atoms with Crippen molar-refractivity contribution in [2.75, 3.05) is 6.61 Å². The van der Waals surface area contributed by atoms with Gasteiger partial charge in [0, 0.05) is 12.3 Å². The molecule has 1 rings (SSSR count). The smallest absolute Gasteiger partial charge is 0.217 e. The first-order valence-corrected chi connectivity index (χ1v) is 4.86. The molecule has 7 nitrogen and oxygen atoms in total. The van der Waals surface area contributed by atoms with Crippen LogP contribution in [0.25, 0.3) is 0 Å². The zero-order chi connectivity index (χ0) is 11.4. The van der Waals surface area contributed by atoms with Crippen LogP contribution in [0.4, 0.5) is 0 Å². The molecule has 1 amide bonds. The van der Waals surface area contributed by atoms with Gasteiger partial charge in [-0.15, -0.1) is 0 Å². The fourth-order valence-corrected chi connectivity index (χ4v) is 1.39. The number of hydrogen-bond donors (Lipinski definition) is 5. The van der Waals surface area contributed by atoms with Gasteiger partial charge in [-0.3, -0.25) is 4.79 Å². The molecule has 1 aliphatic rings. The van der Waals surface area contributed by atoms with Crippen LogP contribution >= 0.6 is 0 Å². The van der Waals surface area contributed by atoms with Crippen LogP contribution in [-0.4, -0.2) is 36.1 Å². The molecule has 1 heterocycles. The molecular weight excluding hydrogens is 200 g/mol. The van der Waals surface area contributed by atoms with Crippen LogP contribution in [-0.2, 0) is 9.53 Å². The third kappa shape index (κ3) is 3.40. The highest BCUT2D eigenvalue weighted by Gasteiger charge is 2.32. The molecular formula is C8H18N4O3. The summed E-state index contributed by atoms with van der Waals surface area (Å²) in [5.41, 5.74) is 16.3. The van der Waals surface area contributed by atoms with E-state index in [4.69, 9.17) is 21.3 Å². The van der Waals surface area contributed by atoms with Gasteiger partial charge >= 0.3 is 0 Å². The minimum Gasteiger partial charge on any atom is -0.395 e. The van der Waals surface area contributed by atoms with E-state index in [2.05, 4.69) is 10.9 Å². The van der Waals surface area contributed by atoms with E-state index in [0.717, 1.165) is 0 Å². The van der Waals surface area contributed by atoms with Gasteiger partial charge in [-0.1, -0.05) is 6.92 Å². The van der Waals surface area contributed by atoms with Crippen molar-refractivity contribution in [3.05, 3.63) is 0 Å². The molecule has 1 fully saturated rings. The fraction of sp³-hybridized carbons (Fsp3) is 0.875.